The largest absolute Gasteiger partial charge is 0.491 e. The van der Waals surface area contributed by atoms with Crippen LogP contribution in [0, 0.1) is 0 Å². The van der Waals surface area contributed by atoms with Crippen molar-refractivity contribution in [3.8, 4) is 11.4 Å². The molecule has 0 aliphatic carbocycles. The van der Waals surface area contributed by atoms with Gasteiger partial charge in [-0.3, -0.25) is 24.3 Å². The third-order valence-electron chi connectivity index (χ3n) is 3.75. The van der Waals surface area contributed by atoms with Crippen LogP contribution < -0.4 is 21.3 Å². The van der Waals surface area contributed by atoms with Crippen molar-refractivity contribution in [3.63, 3.8) is 0 Å². The summed E-state index contributed by atoms with van der Waals surface area (Å²) in [6, 6.07) is 7.78. The van der Waals surface area contributed by atoms with Crippen molar-refractivity contribution >= 4 is 17.6 Å². The first kappa shape index (κ1) is 16.7. The number of benzene rings is 1. The number of imide groups is 1. The number of nitrogens with zero attached hydrogens (tertiary/aromatic N) is 1. The second-order valence-corrected chi connectivity index (χ2v) is 5.31. The lowest BCUT2D eigenvalue weighted by atomic mass is 10.1. The van der Waals surface area contributed by atoms with Crippen LogP contribution in [0.15, 0.2) is 35.1 Å². The van der Waals surface area contributed by atoms with E-state index >= 15 is 0 Å². The van der Waals surface area contributed by atoms with Crippen molar-refractivity contribution in [2.24, 2.45) is 0 Å². The number of nitrogen functional groups attached to an aromatic ring is 1. The summed E-state index contributed by atoms with van der Waals surface area (Å²) in [7, 11) is 0. The first-order valence-electron chi connectivity index (χ1n) is 7.75. The molecule has 2 amide bonds. The van der Waals surface area contributed by atoms with Crippen LogP contribution in [-0.4, -0.2) is 36.2 Å². The predicted octanol–water partition coefficient (Wildman–Crippen LogP) is 0.719. The first-order chi connectivity index (χ1) is 12.0. The number of hydrogen-bond acceptors (Lipinski definition) is 6. The fraction of sp³-hybridized carbons (Fsp3) is 0.235. The van der Waals surface area contributed by atoms with Gasteiger partial charge in [0.2, 0.25) is 0 Å². The third-order valence-corrected chi connectivity index (χ3v) is 3.75. The van der Waals surface area contributed by atoms with Crippen LogP contribution in [0.4, 0.5) is 5.82 Å². The number of carbonyl (C=O) groups is 2. The Morgan fingerprint density at radius 3 is 2.48 bits per heavy atom. The molecule has 8 heteroatoms. The molecule has 3 rings (SSSR count). The van der Waals surface area contributed by atoms with Gasteiger partial charge in [0.15, 0.2) is 0 Å². The average Bonchev–Trinajstić information content (AvgIpc) is 2.87. The number of nitrogens with two attached hydrogens (primary N) is 1. The third kappa shape index (κ3) is 3.11. The number of hydrogen-bond donors (Lipinski definition) is 2. The Bertz CT molecular complexity index is 886. The molecule has 0 spiro atoms. The molecule has 0 saturated carbocycles. The molecule has 0 bridgehead atoms. The summed E-state index contributed by atoms with van der Waals surface area (Å²) < 4.78 is 11.9. The minimum atomic E-state index is -0.617. The van der Waals surface area contributed by atoms with Gasteiger partial charge in [-0.2, -0.15) is 0 Å². The Labute approximate surface area is 143 Å². The van der Waals surface area contributed by atoms with Gasteiger partial charge in [-0.05, 0) is 31.2 Å². The van der Waals surface area contributed by atoms with E-state index in [2.05, 4.69) is 5.32 Å². The van der Waals surface area contributed by atoms with Gasteiger partial charge in [-0.25, -0.2) is 0 Å². The first-order valence-corrected chi connectivity index (χ1v) is 7.75. The van der Waals surface area contributed by atoms with E-state index in [9.17, 15) is 14.4 Å². The number of ether oxygens (including phenoxy) is 2. The number of fused-ring (bicyclic) bond motifs is 1. The van der Waals surface area contributed by atoms with E-state index in [1.807, 2.05) is 6.92 Å². The van der Waals surface area contributed by atoms with E-state index in [1.165, 1.54) is 4.57 Å². The average molecular weight is 343 g/mol. The zero-order chi connectivity index (χ0) is 18.0. The van der Waals surface area contributed by atoms with Gasteiger partial charge in [0.05, 0.1) is 23.4 Å². The number of pyridine rings is 1. The number of rotatable bonds is 6. The lowest BCUT2D eigenvalue weighted by molar-refractivity contribution is 0.0880. The Balaban J connectivity index is 1.90. The highest BCUT2D eigenvalue weighted by Crippen LogP contribution is 2.23. The van der Waals surface area contributed by atoms with E-state index in [0.29, 0.717) is 31.3 Å². The molecular weight excluding hydrogens is 326 g/mol. The van der Waals surface area contributed by atoms with Gasteiger partial charge >= 0.3 is 0 Å². The molecule has 3 N–H and O–H groups in total. The lowest BCUT2D eigenvalue weighted by Crippen LogP contribution is -2.24. The molecule has 0 fully saturated rings. The minimum absolute atomic E-state index is 0.000345. The van der Waals surface area contributed by atoms with Gasteiger partial charge in [-0.15, -0.1) is 0 Å². The molecule has 1 aliphatic heterocycles. The predicted molar refractivity (Wildman–Crippen MR) is 90.2 cm³/mol. The standard InChI is InChI=1S/C17H17N3O5/c1-2-24-7-8-25-11-5-3-10(4-6-11)20-13(21)9-12-14(15(20)18)17(23)19-16(12)22/h3-6,9H,2,7-8,18H2,1H3,(H,19,22,23). The zero-order valence-corrected chi connectivity index (χ0v) is 13.6. The minimum Gasteiger partial charge on any atom is -0.491 e. The summed E-state index contributed by atoms with van der Waals surface area (Å²) in [5.74, 6) is -0.684. The highest BCUT2D eigenvalue weighted by molar-refractivity contribution is 6.23. The zero-order valence-electron chi connectivity index (χ0n) is 13.6. The topological polar surface area (TPSA) is 113 Å². The number of aromatic nitrogens is 1. The number of anilines is 1. The van der Waals surface area contributed by atoms with Crippen LogP contribution in [0.3, 0.4) is 0 Å². The Morgan fingerprint density at radius 2 is 1.80 bits per heavy atom. The fourth-order valence-corrected chi connectivity index (χ4v) is 2.60. The second-order valence-electron chi connectivity index (χ2n) is 5.31. The molecule has 2 aromatic rings. The van der Waals surface area contributed by atoms with Crippen molar-refractivity contribution < 1.29 is 19.1 Å². The number of nitrogens with one attached hydrogen (secondary N) is 1. The molecular formula is C17H17N3O5. The molecule has 25 heavy (non-hydrogen) atoms. The summed E-state index contributed by atoms with van der Waals surface area (Å²) in [4.78, 5) is 35.8. The molecule has 0 saturated heterocycles. The highest BCUT2D eigenvalue weighted by Gasteiger charge is 2.31. The van der Waals surface area contributed by atoms with E-state index in [1.54, 1.807) is 24.3 Å². The molecule has 130 valence electrons. The molecule has 1 aromatic carbocycles. The van der Waals surface area contributed by atoms with E-state index < -0.39 is 17.4 Å². The van der Waals surface area contributed by atoms with Crippen molar-refractivity contribution in [3.05, 3.63) is 51.8 Å². The molecule has 2 heterocycles. The smallest absolute Gasteiger partial charge is 0.262 e. The fourth-order valence-electron chi connectivity index (χ4n) is 2.60. The maximum absolute atomic E-state index is 12.3. The Morgan fingerprint density at radius 1 is 1.08 bits per heavy atom. The van der Waals surface area contributed by atoms with Crippen molar-refractivity contribution in [2.45, 2.75) is 6.92 Å². The number of carbonyl (C=O) groups excluding carboxylic acids is 2. The van der Waals surface area contributed by atoms with Crippen molar-refractivity contribution in [1.29, 1.82) is 0 Å². The van der Waals surface area contributed by atoms with Crippen LogP contribution >= 0.6 is 0 Å². The van der Waals surface area contributed by atoms with Crippen LogP contribution in [0.1, 0.15) is 27.6 Å². The SMILES string of the molecule is CCOCCOc1ccc(-n2c(N)c3c(cc2=O)C(=O)NC3=O)cc1. The normalized spacial score (nSPS) is 12.8. The van der Waals surface area contributed by atoms with Gasteiger partial charge in [0, 0.05) is 12.7 Å². The monoisotopic (exact) mass is 343 g/mol. The number of amides is 2. The van der Waals surface area contributed by atoms with Crippen molar-refractivity contribution in [2.75, 3.05) is 25.6 Å². The van der Waals surface area contributed by atoms with E-state index in [0.717, 1.165) is 6.07 Å². The molecule has 1 aliphatic rings. The molecule has 8 nitrogen and oxygen atoms in total. The molecule has 0 radical (unpaired) electrons. The summed E-state index contributed by atoms with van der Waals surface area (Å²) in [6.45, 7) is 3.43. The summed E-state index contributed by atoms with van der Waals surface area (Å²) in [5, 5.41) is 2.13. The second kappa shape index (κ2) is 6.78. The van der Waals surface area contributed by atoms with Gasteiger partial charge < -0.3 is 15.2 Å². The lowest BCUT2D eigenvalue weighted by Gasteiger charge is -2.12. The van der Waals surface area contributed by atoms with Crippen LogP contribution in [-0.2, 0) is 4.74 Å². The van der Waals surface area contributed by atoms with Crippen LogP contribution in [0.25, 0.3) is 5.69 Å². The van der Waals surface area contributed by atoms with Crippen LogP contribution in [0.2, 0.25) is 0 Å². The molecule has 1 aromatic heterocycles. The van der Waals surface area contributed by atoms with Crippen molar-refractivity contribution in [1.82, 2.24) is 9.88 Å². The summed E-state index contributed by atoms with van der Waals surface area (Å²) in [6.07, 6.45) is 0. The molecule has 0 unspecified atom stereocenters. The van der Waals surface area contributed by atoms with Gasteiger partial charge in [0.25, 0.3) is 17.4 Å². The van der Waals surface area contributed by atoms with E-state index in [4.69, 9.17) is 15.2 Å². The van der Waals surface area contributed by atoms with Gasteiger partial charge in [-0.1, -0.05) is 0 Å². The van der Waals surface area contributed by atoms with Crippen LogP contribution in [0.5, 0.6) is 5.75 Å². The quantitative estimate of drug-likeness (QED) is 0.590. The Kier molecular flexibility index (Phi) is 4.53. The van der Waals surface area contributed by atoms with E-state index in [-0.39, 0.29) is 16.9 Å². The molecule has 0 atom stereocenters. The summed E-state index contributed by atoms with van der Waals surface area (Å²) >= 11 is 0. The van der Waals surface area contributed by atoms with Gasteiger partial charge in [0.1, 0.15) is 18.2 Å². The highest BCUT2D eigenvalue weighted by atomic mass is 16.5. The Hall–Kier alpha value is -3.13. The summed E-state index contributed by atoms with van der Waals surface area (Å²) in [5.41, 5.74) is 5.96. The maximum atomic E-state index is 12.3. The maximum Gasteiger partial charge on any atom is 0.262 e.